The normalized spacial score (nSPS) is 19.7. The summed E-state index contributed by atoms with van der Waals surface area (Å²) in [4.78, 5) is 13.4. The molecule has 0 bridgehead atoms. The lowest BCUT2D eigenvalue weighted by molar-refractivity contribution is 0.0840. The minimum Gasteiger partial charge on any atom is -0.507 e. The molecular formula is C32H28O7. The van der Waals surface area contributed by atoms with Crippen molar-refractivity contribution < 1.29 is 34.0 Å². The Morgan fingerprint density at radius 1 is 0.769 bits per heavy atom. The molecule has 6 rings (SSSR count). The number of carbonyl (C=O) groups is 1. The molecule has 2 aliphatic rings. The van der Waals surface area contributed by atoms with E-state index in [9.17, 15) is 15.0 Å². The molecule has 2 heterocycles. The van der Waals surface area contributed by atoms with Crippen LogP contribution in [0.25, 0.3) is 0 Å². The van der Waals surface area contributed by atoms with Crippen LogP contribution in [-0.2, 0) is 0 Å². The molecule has 0 aromatic heterocycles. The van der Waals surface area contributed by atoms with Crippen LogP contribution in [0, 0.1) is 0 Å². The highest BCUT2D eigenvalue weighted by Gasteiger charge is 2.41. The van der Waals surface area contributed by atoms with Crippen molar-refractivity contribution in [3.63, 3.8) is 0 Å². The van der Waals surface area contributed by atoms with Crippen molar-refractivity contribution in [1.82, 2.24) is 0 Å². The summed E-state index contributed by atoms with van der Waals surface area (Å²) in [6.45, 7) is 0. The molecule has 3 atom stereocenters. The lowest BCUT2D eigenvalue weighted by Gasteiger charge is -2.36. The van der Waals surface area contributed by atoms with Crippen molar-refractivity contribution >= 4 is 5.78 Å². The summed E-state index contributed by atoms with van der Waals surface area (Å²) in [6.07, 6.45) is -0.425. The number of ketones is 1. The van der Waals surface area contributed by atoms with Gasteiger partial charge in [0.2, 0.25) is 0 Å². The van der Waals surface area contributed by atoms with Crippen LogP contribution in [0.1, 0.15) is 63.6 Å². The SMILES string of the molecule is COc1cc(OC)c2c(c1)O[C@@H](c1ccccc1)C[C@H]2c1c(O)cc(O)c2c1O[C@H](c1ccccc1)CC2=O. The first kappa shape index (κ1) is 24.7. The summed E-state index contributed by atoms with van der Waals surface area (Å²) in [6, 6.07) is 24.1. The second-order valence-corrected chi connectivity index (χ2v) is 9.72. The summed E-state index contributed by atoms with van der Waals surface area (Å²) in [7, 11) is 3.13. The topological polar surface area (TPSA) is 94.5 Å². The molecule has 0 amide bonds. The maximum Gasteiger partial charge on any atom is 0.174 e. The molecule has 0 saturated heterocycles. The Hall–Kier alpha value is -4.65. The van der Waals surface area contributed by atoms with E-state index in [1.165, 1.54) is 6.07 Å². The van der Waals surface area contributed by atoms with Gasteiger partial charge in [0.05, 0.1) is 20.6 Å². The van der Waals surface area contributed by atoms with E-state index in [4.69, 9.17) is 18.9 Å². The van der Waals surface area contributed by atoms with Crippen LogP contribution >= 0.6 is 0 Å². The Kier molecular flexibility index (Phi) is 6.27. The van der Waals surface area contributed by atoms with Gasteiger partial charge < -0.3 is 29.2 Å². The quantitative estimate of drug-likeness (QED) is 0.309. The van der Waals surface area contributed by atoms with E-state index in [0.29, 0.717) is 34.8 Å². The second kappa shape index (κ2) is 9.91. The van der Waals surface area contributed by atoms with E-state index in [1.54, 1.807) is 26.4 Å². The number of Topliss-reactive ketones (excluding diaryl/α,β-unsaturated/α-hetero) is 1. The molecule has 4 aromatic rings. The first-order valence-corrected chi connectivity index (χ1v) is 12.8. The molecule has 2 aliphatic heterocycles. The fraction of sp³-hybridized carbons (Fsp3) is 0.219. The van der Waals surface area contributed by atoms with Crippen molar-refractivity contribution in [1.29, 1.82) is 0 Å². The summed E-state index contributed by atoms with van der Waals surface area (Å²) < 4.78 is 24.2. The molecular weight excluding hydrogens is 496 g/mol. The average molecular weight is 525 g/mol. The number of methoxy groups -OCH3 is 2. The fourth-order valence-corrected chi connectivity index (χ4v) is 5.66. The largest absolute Gasteiger partial charge is 0.507 e. The first-order valence-electron chi connectivity index (χ1n) is 12.8. The fourth-order valence-electron chi connectivity index (χ4n) is 5.66. The van der Waals surface area contributed by atoms with Gasteiger partial charge >= 0.3 is 0 Å². The molecule has 0 aliphatic carbocycles. The molecule has 4 aromatic carbocycles. The van der Waals surface area contributed by atoms with Crippen molar-refractivity contribution in [2.75, 3.05) is 14.2 Å². The number of carbonyl (C=O) groups excluding carboxylic acids is 1. The number of fused-ring (bicyclic) bond motifs is 2. The molecule has 7 nitrogen and oxygen atoms in total. The van der Waals surface area contributed by atoms with Crippen molar-refractivity contribution in [2.24, 2.45) is 0 Å². The summed E-state index contributed by atoms with van der Waals surface area (Å²) in [5.41, 5.74) is 2.98. The van der Waals surface area contributed by atoms with Crippen LogP contribution in [0.4, 0.5) is 0 Å². The van der Waals surface area contributed by atoms with Gasteiger partial charge in [-0.25, -0.2) is 0 Å². The number of hydrogen-bond donors (Lipinski definition) is 2. The molecule has 0 fully saturated rings. The van der Waals surface area contributed by atoms with Gasteiger partial charge in [0.25, 0.3) is 0 Å². The first-order chi connectivity index (χ1) is 19.0. The maximum atomic E-state index is 13.4. The van der Waals surface area contributed by atoms with Gasteiger partial charge in [-0.05, 0) is 11.1 Å². The Bertz CT molecular complexity index is 1530. The van der Waals surface area contributed by atoms with Crippen LogP contribution in [0.3, 0.4) is 0 Å². The van der Waals surface area contributed by atoms with Crippen LogP contribution in [0.15, 0.2) is 78.9 Å². The van der Waals surface area contributed by atoms with E-state index in [0.717, 1.165) is 11.1 Å². The third-order valence-electron chi connectivity index (χ3n) is 7.48. The predicted molar refractivity (Wildman–Crippen MR) is 144 cm³/mol. The molecule has 198 valence electrons. The maximum absolute atomic E-state index is 13.4. The zero-order valence-electron chi connectivity index (χ0n) is 21.6. The predicted octanol–water partition coefficient (Wildman–Crippen LogP) is 6.48. The monoisotopic (exact) mass is 524 g/mol. The number of phenols is 2. The van der Waals surface area contributed by atoms with Crippen LogP contribution in [0.2, 0.25) is 0 Å². The molecule has 2 N–H and O–H groups in total. The van der Waals surface area contributed by atoms with Crippen molar-refractivity contribution in [3.8, 4) is 34.5 Å². The van der Waals surface area contributed by atoms with Crippen LogP contribution in [0.5, 0.6) is 34.5 Å². The van der Waals surface area contributed by atoms with Gasteiger partial charge in [0, 0.05) is 41.7 Å². The van der Waals surface area contributed by atoms with Crippen molar-refractivity contribution in [2.45, 2.75) is 31.0 Å². The van der Waals surface area contributed by atoms with Crippen LogP contribution < -0.4 is 18.9 Å². The Morgan fingerprint density at radius 3 is 2.08 bits per heavy atom. The number of phenolic OH excluding ortho intramolecular Hbond substituents is 2. The summed E-state index contributed by atoms with van der Waals surface area (Å²) in [5.74, 6) is 0.578. The zero-order valence-corrected chi connectivity index (χ0v) is 21.6. The van der Waals surface area contributed by atoms with Gasteiger partial charge in [-0.1, -0.05) is 60.7 Å². The standard InChI is InChI=1S/C32H28O7/c1-36-20-13-27(37-2)30-21(15-25(38-28(30)14-20)18-9-5-3-6-10-18)29-22(33)16-23(34)31-24(35)17-26(39-32(29)31)19-11-7-4-8-12-19/h3-14,16,21,25-26,33-34H,15,17H2,1-2H3/t21-,25+,26-/m0/s1. The van der Waals surface area contributed by atoms with Crippen LogP contribution in [-0.4, -0.2) is 30.2 Å². The number of ether oxygens (including phenoxy) is 4. The van der Waals surface area contributed by atoms with Crippen molar-refractivity contribution in [3.05, 3.63) is 107 Å². The number of benzene rings is 4. The minimum absolute atomic E-state index is 0.0757. The Labute approximate surface area is 226 Å². The molecule has 0 saturated carbocycles. The highest BCUT2D eigenvalue weighted by atomic mass is 16.5. The van der Waals surface area contributed by atoms with Gasteiger partial charge in [-0.2, -0.15) is 0 Å². The van der Waals surface area contributed by atoms with E-state index < -0.39 is 12.0 Å². The lowest BCUT2D eigenvalue weighted by atomic mass is 9.79. The number of aromatic hydroxyl groups is 2. The van der Waals surface area contributed by atoms with E-state index in [2.05, 4.69) is 0 Å². The minimum atomic E-state index is -0.562. The van der Waals surface area contributed by atoms with E-state index >= 15 is 0 Å². The van der Waals surface area contributed by atoms with Gasteiger partial charge in [0.1, 0.15) is 52.3 Å². The second-order valence-electron chi connectivity index (χ2n) is 9.72. The van der Waals surface area contributed by atoms with Gasteiger partial charge in [-0.3, -0.25) is 4.79 Å². The van der Waals surface area contributed by atoms with E-state index in [-0.39, 0.29) is 41.1 Å². The molecule has 7 heteroatoms. The summed E-state index contributed by atoms with van der Waals surface area (Å²) >= 11 is 0. The highest BCUT2D eigenvalue weighted by Crippen LogP contribution is 2.57. The molecule has 0 spiro atoms. The smallest absolute Gasteiger partial charge is 0.174 e. The third kappa shape index (κ3) is 4.30. The molecule has 0 unspecified atom stereocenters. The van der Waals surface area contributed by atoms with E-state index in [1.807, 2.05) is 60.7 Å². The van der Waals surface area contributed by atoms with Gasteiger partial charge in [0.15, 0.2) is 5.78 Å². The van der Waals surface area contributed by atoms with Gasteiger partial charge in [-0.15, -0.1) is 0 Å². The Balaban J connectivity index is 1.56. The number of hydrogen-bond acceptors (Lipinski definition) is 7. The third-order valence-corrected chi connectivity index (χ3v) is 7.48. The molecule has 0 radical (unpaired) electrons. The summed E-state index contributed by atoms with van der Waals surface area (Å²) in [5, 5.41) is 22.1. The Morgan fingerprint density at radius 2 is 1.44 bits per heavy atom. The molecule has 39 heavy (non-hydrogen) atoms. The number of rotatable bonds is 5. The highest BCUT2D eigenvalue weighted by molar-refractivity contribution is 6.03. The average Bonchev–Trinajstić information content (AvgIpc) is 2.96. The zero-order chi connectivity index (χ0) is 27.1. The lowest BCUT2D eigenvalue weighted by Crippen LogP contribution is -2.25.